The van der Waals surface area contributed by atoms with Crippen LogP contribution in [0.2, 0.25) is 5.02 Å². The number of alkyl halides is 3. The molecular weight excluding hydrogens is 624 g/mol. The average Bonchev–Trinajstić information content (AvgIpc) is 2.91. The van der Waals surface area contributed by atoms with Gasteiger partial charge in [-0.15, -0.1) is 11.8 Å². The fourth-order valence-corrected chi connectivity index (χ4v) is 6.85. The third kappa shape index (κ3) is 7.55. The van der Waals surface area contributed by atoms with Crippen LogP contribution in [0.1, 0.15) is 45.7 Å². The number of carbonyl (C=O) groups excluding carboxylic acids is 1. The number of nitrogens with one attached hydrogen (secondary N) is 2. The second kappa shape index (κ2) is 13.3. The van der Waals surface area contributed by atoms with Crippen LogP contribution in [-0.4, -0.2) is 84.8 Å². The third-order valence-corrected chi connectivity index (χ3v) is 8.74. The molecular formula is C30H37ClF4N4O4S. The first kappa shape index (κ1) is 34.1. The molecule has 44 heavy (non-hydrogen) atoms. The van der Waals surface area contributed by atoms with Crippen molar-refractivity contribution in [2.24, 2.45) is 0 Å². The molecule has 0 saturated carbocycles. The normalized spacial score (nSPS) is 20.7. The van der Waals surface area contributed by atoms with Crippen LogP contribution in [0.4, 0.5) is 28.0 Å². The summed E-state index contributed by atoms with van der Waals surface area (Å²) in [4.78, 5) is 16.5. The molecule has 2 aromatic carbocycles. The number of benzene rings is 2. The Labute approximate surface area is 263 Å². The lowest BCUT2D eigenvalue weighted by Crippen LogP contribution is -2.60. The smallest absolute Gasteiger partial charge is 0.417 e. The lowest BCUT2D eigenvalue weighted by atomic mass is 9.93. The predicted octanol–water partition coefficient (Wildman–Crippen LogP) is 7.33. The van der Waals surface area contributed by atoms with Gasteiger partial charge < -0.3 is 24.4 Å². The fraction of sp³-hybridized carbons (Fsp3) is 0.533. The maximum absolute atomic E-state index is 14.7. The number of nitrogens with zero attached hydrogens (tertiary/aromatic N) is 2. The van der Waals surface area contributed by atoms with Gasteiger partial charge in [0.05, 0.1) is 41.0 Å². The maximum Gasteiger partial charge on any atom is 0.417 e. The summed E-state index contributed by atoms with van der Waals surface area (Å²) in [5, 5.41) is 12.2. The van der Waals surface area contributed by atoms with Crippen LogP contribution < -0.4 is 5.32 Å². The van der Waals surface area contributed by atoms with E-state index in [0.717, 1.165) is 12.1 Å². The number of piperazine rings is 1. The Morgan fingerprint density at radius 2 is 1.82 bits per heavy atom. The van der Waals surface area contributed by atoms with Gasteiger partial charge in [0.1, 0.15) is 24.0 Å². The highest BCUT2D eigenvalue weighted by atomic mass is 35.5. The number of anilines is 1. The van der Waals surface area contributed by atoms with E-state index in [1.165, 1.54) is 31.0 Å². The average molecular weight is 661 g/mol. The van der Waals surface area contributed by atoms with Gasteiger partial charge >= 0.3 is 12.3 Å². The summed E-state index contributed by atoms with van der Waals surface area (Å²) in [5.41, 5.74) is -1.30. The Morgan fingerprint density at radius 1 is 1.16 bits per heavy atom. The van der Waals surface area contributed by atoms with Crippen molar-refractivity contribution < 1.29 is 36.6 Å². The minimum atomic E-state index is -4.80. The van der Waals surface area contributed by atoms with E-state index in [0.29, 0.717) is 11.4 Å². The molecule has 1 saturated heterocycles. The molecule has 0 radical (unpaired) electrons. The summed E-state index contributed by atoms with van der Waals surface area (Å²) in [7, 11) is 1.49. The van der Waals surface area contributed by atoms with Gasteiger partial charge in [-0.2, -0.15) is 13.2 Å². The lowest BCUT2D eigenvalue weighted by molar-refractivity contribution is -0.137. The number of carbonyl (C=O) groups is 1. The Bertz CT molecular complexity index is 1390. The molecule has 0 aromatic heterocycles. The molecule has 3 atom stereocenters. The third-order valence-electron chi connectivity index (χ3n) is 7.19. The van der Waals surface area contributed by atoms with Gasteiger partial charge in [0, 0.05) is 42.0 Å². The summed E-state index contributed by atoms with van der Waals surface area (Å²) in [6, 6.07) is 3.39. The second-order valence-electron chi connectivity index (χ2n) is 11.9. The van der Waals surface area contributed by atoms with Crippen molar-refractivity contribution in [3.8, 4) is 11.1 Å². The highest BCUT2D eigenvalue weighted by Gasteiger charge is 2.41. The second-order valence-corrected chi connectivity index (χ2v) is 13.4. The molecule has 0 unspecified atom stereocenters. The van der Waals surface area contributed by atoms with Gasteiger partial charge in [-0.1, -0.05) is 17.7 Å². The van der Waals surface area contributed by atoms with Crippen molar-refractivity contribution in [2.75, 3.05) is 44.7 Å². The molecule has 4 rings (SSSR count). The molecule has 2 N–H and O–H groups in total. The topological polar surface area (TPSA) is 87.1 Å². The van der Waals surface area contributed by atoms with E-state index < -0.39 is 29.3 Å². The van der Waals surface area contributed by atoms with E-state index in [1.54, 1.807) is 30.6 Å². The molecule has 0 spiro atoms. The number of amides is 1. The standard InChI is InChI=1S/C30H37ClF4N4O4S/c1-16-11-38(12-17(2)39(16)28(40)43-29(3,4)5)27(36)20-10-21(30(33,34)35)24(18-7-8-23(32)22(31)9-18)26-25(20)37-19(14-44-26)13-42-15-41-6/h7-10,16-17,19,36-37H,11-15H2,1-6H3/t16-,17+,19-/m0/s1. The van der Waals surface area contributed by atoms with Crippen LogP contribution in [0.3, 0.4) is 0 Å². The van der Waals surface area contributed by atoms with E-state index in [-0.39, 0.29) is 77.1 Å². The largest absolute Gasteiger partial charge is 0.444 e. The number of fused-ring (bicyclic) bond motifs is 1. The molecule has 242 valence electrons. The molecule has 2 aliphatic rings. The Kier molecular flexibility index (Phi) is 10.3. The molecule has 14 heteroatoms. The summed E-state index contributed by atoms with van der Waals surface area (Å²) in [6.07, 6.45) is -5.28. The van der Waals surface area contributed by atoms with Crippen LogP contribution in [-0.2, 0) is 20.4 Å². The van der Waals surface area contributed by atoms with Crippen LogP contribution in [0, 0.1) is 11.2 Å². The quantitative estimate of drug-likeness (QED) is 0.110. The first-order valence-corrected chi connectivity index (χ1v) is 15.4. The SMILES string of the molecule is COCOC[C@H]1CSc2c(c(C(=N)N3C[C@@H](C)N(C(=O)OC(C)(C)C)[C@@H](C)C3)cc(C(F)(F)F)c2-c2ccc(F)c(Cl)c2)N1. The first-order valence-electron chi connectivity index (χ1n) is 14.1. The van der Waals surface area contributed by atoms with Crippen molar-refractivity contribution in [3.05, 3.63) is 46.2 Å². The van der Waals surface area contributed by atoms with Gasteiger partial charge in [-0.25, -0.2) is 9.18 Å². The minimum Gasteiger partial charge on any atom is -0.444 e. The van der Waals surface area contributed by atoms with Crippen molar-refractivity contribution in [1.29, 1.82) is 5.41 Å². The number of hydrogen-bond donors (Lipinski definition) is 2. The number of thioether (sulfide) groups is 1. The lowest BCUT2D eigenvalue weighted by Gasteiger charge is -2.45. The number of rotatable bonds is 6. The number of amidine groups is 1. The molecule has 1 amide bonds. The van der Waals surface area contributed by atoms with Gasteiger partial charge in [0.25, 0.3) is 0 Å². The minimum absolute atomic E-state index is 0.0441. The molecule has 2 aliphatic heterocycles. The van der Waals surface area contributed by atoms with Crippen LogP contribution >= 0.6 is 23.4 Å². The Morgan fingerprint density at radius 3 is 2.39 bits per heavy atom. The number of halogens is 5. The van der Waals surface area contributed by atoms with Crippen molar-refractivity contribution >= 4 is 41.0 Å². The monoisotopic (exact) mass is 660 g/mol. The Hall–Kier alpha value is -2.74. The fourth-order valence-electron chi connectivity index (χ4n) is 5.44. The predicted molar refractivity (Wildman–Crippen MR) is 163 cm³/mol. The van der Waals surface area contributed by atoms with Gasteiger partial charge in [0.15, 0.2) is 0 Å². The molecule has 2 aromatic rings. The van der Waals surface area contributed by atoms with Gasteiger partial charge in [-0.05, 0) is 58.4 Å². The van der Waals surface area contributed by atoms with E-state index in [2.05, 4.69) is 5.32 Å². The van der Waals surface area contributed by atoms with E-state index in [9.17, 15) is 27.8 Å². The van der Waals surface area contributed by atoms with Crippen molar-refractivity contribution in [2.45, 2.75) is 69.4 Å². The summed E-state index contributed by atoms with van der Waals surface area (Å²) in [6.45, 7) is 9.63. The van der Waals surface area contributed by atoms with E-state index >= 15 is 0 Å². The van der Waals surface area contributed by atoms with Crippen LogP contribution in [0.5, 0.6) is 0 Å². The molecule has 1 fully saturated rings. The number of ether oxygens (including phenoxy) is 3. The van der Waals surface area contributed by atoms with Crippen molar-refractivity contribution in [1.82, 2.24) is 9.80 Å². The molecule has 0 aliphatic carbocycles. The van der Waals surface area contributed by atoms with E-state index in [4.69, 9.17) is 25.8 Å². The molecule has 0 bridgehead atoms. The number of methoxy groups -OCH3 is 1. The first-order chi connectivity index (χ1) is 20.5. The van der Waals surface area contributed by atoms with Crippen LogP contribution in [0.25, 0.3) is 11.1 Å². The summed E-state index contributed by atoms with van der Waals surface area (Å²) in [5.74, 6) is -0.495. The number of hydrogen-bond acceptors (Lipinski definition) is 7. The van der Waals surface area contributed by atoms with Crippen LogP contribution in [0.15, 0.2) is 29.2 Å². The highest BCUT2D eigenvalue weighted by molar-refractivity contribution is 7.99. The van der Waals surface area contributed by atoms with Gasteiger partial charge in [-0.3, -0.25) is 10.3 Å². The Balaban J connectivity index is 1.79. The van der Waals surface area contributed by atoms with E-state index in [1.807, 2.05) is 13.8 Å². The highest BCUT2D eigenvalue weighted by Crippen LogP contribution is 2.50. The van der Waals surface area contributed by atoms with Gasteiger partial charge in [0.2, 0.25) is 0 Å². The zero-order chi connectivity index (χ0) is 32.6. The zero-order valence-corrected chi connectivity index (χ0v) is 27.0. The summed E-state index contributed by atoms with van der Waals surface area (Å²) < 4.78 is 74.3. The maximum atomic E-state index is 14.7. The summed E-state index contributed by atoms with van der Waals surface area (Å²) >= 11 is 7.20. The van der Waals surface area contributed by atoms with Crippen molar-refractivity contribution in [3.63, 3.8) is 0 Å². The molecule has 2 heterocycles. The molecule has 8 nitrogen and oxygen atoms in total. The zero-order valence-electron chi connectivity index (χ0n) is 25.4.